The molecule has 0 spiro atoms. The largest absolute Gasteiger partial charge is 0.497 e. The van der Waals surface area contributed by atoms with Gasteiger partial charge in [-0.3, -0.25) is 0 Å². The first kappa shape index (κ1) is 23.5. The summed E-state index contributed by atoms with van der Waals surface area (Å²) in [5, 5.41) is 17.9. The van der Waals surface area contributed by atoms with Crippen molar-refractivity contribution in [2.75, 3.05) is 39.7 Å². The molecule has 0 aliphatic carbocycles. The van der Waals surface area contributed by atoms with Gasteiger partial charge in [-0.1, -0.05) is 30.3 Å². The van der Waals surface area contributed by atoms with Crippen molar-refractivity contribution in [3.05, 3.63) is 65.5 Å². The summed E-state index contributed by atoms with van der Waals surface area (Å²) in [6.45, 7) is 4.83. The zero-order chi connectivity index (χ0) is 24.2. The number of methoxy groups -OCH3 is 1. The maximum atomic E-state index is 6.65. The van der Waals surface area contributed by atoms with Crippen LogP contribution in [0.3, 0.4) is 0 Å². The molecule has 0 aliphatic rings. The number of ether oxygens (including phenoxy) is 2. The molecule has 2 heterocycles. The van der Waals surface area contributed by atoms with Gasteiger partial charge in [-0.2, -0.15) is 10.2 Å². The fraction of sp³-hybridized carbons (Fsp3) is 0.346. The van der Waals surface area contributed by atoms with Crippen LogP contribution in [-0.2, 0) is 0 Å². The molecule has 4 rings (SSSR count). The highest BCUT2D eigenvalue weighted by Crippen LogP contribution is 2.36. The van der Waals surface area contributed by atoms with Crippen LogP contribution in [0, 0.1) is 13.8 Å². The summed E-state index contributed by atoms with van der Waals surface area (Å²) < 4.78 is 14.1. The summed E-state index contributed by atoms with van der Waals surface area (Å²) >= 11 is 0. The SMILES string of the molecule is CNCCC(Oc1ccc(OC)cc1-n1nc2c(N(C)C)nnc(C)c2c1C)c1ccccc1. The van der Waals surface area contributed by atoms with Crippen LogP contribution in [0.5, 0.6) is 11.5 Å². The summed E-state index contributed by atoms with van der Waals surface area (Å²) in [6, 6.07) is 16.1. The van der Waals surface area contributed by atoms with Crippen LogP contribution in [0.4, 0.5) is 5.82 Å². The van der Waals surface area contributed by atoms with E-state index in [4.69, 9.17) is 14.6 Å². The lowest BCUT2D eigenvalue weighted by Crippen LogP contribution is -2.17. The first-order chi connectivity index (χ1) is 16.4. The van der Waals surface area contributed by atoms with Crippen LogP contribution in [0.15, 0.2) is 48.5 Å². The average molecular weight is 461 g/mol. The molecular formula is C26H32N6O2. The average Bonchev–Trinajstić information content (AvgIpc) is 3.20. The second-order valence-corrected chi connectivity index (χ2v) is 8.47. The quantitative estimate of drug-likeness (QED) is 0.400. The molecule has 34 heavy (non-hydrogen) atoms. The number of aromatic nitrogens is 4. The van der Waals surface area contributed by atoms with E-state index in [0.29, 0.717) is 0 Å². The van der Waals surface area contributed by atoms with Crippen molar-refractivity contribution in [1.29, 1.82) is 0 Å². The zero-order valence-electron chi connectivity index (χ0n) is 20.7. The van der Waals surface area contributed by atoms with E-state index >= 15 is 0 Å². The zero-order valence-corrected chi connectivity index (χ0v) is 20.7. The fourth-order valence-electron chi connectivity index (χ4n) is 4.13. The maximum Gasteiger partial charge on any atom is 0.179 e. The normalized spacial score (nSPS) is 12.1. The molecule has 8 heteroatoms. The second-order valence-electron chi connectivity index (χ2n) is 8.47. The monoisotopic (exact) mass is 460 g/mol. The summed E-state index contributed by atoms with van der Waals surface area (Å²) in [7, 11) is 7.50. The van der Waals surface area contributed by atoms with Gasteiger partial charge in [0.2, 0.25) is 0 Å². The Morgan fingerprint density at radius 1 is 1.06 bits per heavy atom. The van der Waals surface area contributed by atoms with E-state index in [1.54, 1.807) is 7.11 Å². The Kier molecular flexibility index (Phi) is 6.98. The molecule has 0 amide bonds. The van der Waals surface area contributed by atoms with Gasteiger partial charge < -0.3 is 19.7 Å². The minimum Gasteiger partial charge on any atom is -0.497 e. The number of aryl methyl sites for hydroxylation is 2. The first-order valence-electron chi connectivity index (χ1n) is 11.4. The Morgan fingerprint density at radius 2 is 1.82 bits per heavy atom. The molecule has 178 valence electrons. The van der Waals surface area contributed by atoms with Gasteiger partial charge >= 0.3 is 0 Å². The van der Waals surface area contributed by atoms with Gasteiger partial charge in [0.15, 0.2) is 5.82 Å². The standard InChI is InChI=1S/C26H32N6O2/c1-17-24-18(2)32(30-25(24)26(29-28-17)31(4)5)21-16-20(33-6)12-13-23(21)34-22(14-15-27-3)19-10-8-7-9-11-19/h7-13,16,22,27H,14-15H2,1-6H3. The molecule has 1 atom stereocenters. The summed E-state index contributed by atoms with van der Waals surface area (Å²) in [5.74, 6) is 2.18. The predicted molar refractivity (Wildman–Crippen MR) is 135 cm³/mol. The molecule has 0 saturated heterocycles. The van der Waals surface area contributed by atoms with E-state index < -0.39 is 0 Å². The van der Waals surface area contributed by atoms with Crippen LogP contribution in [0.25, 0.3) is 16.6 Å². The maximum absolute atomic E-state index is 6.65. The number of hydrogen-bond acceptors (Lipinski definition) is 7. The van der Waals surface area contributed by atoms with Gasteiger partial charge in [-0.15, -0.1) is 5.10 Å². The van der Waals surface area contributed by atoms with Crippen LogP contribution in [-0.4, -0.2) is 54.8 Å². The molecule has 0 bridgehead atoms. The van der Waals surface area contributed by atoms with Crippen LogP contribution < -0.4 is 19.7 Å². The lowest BCUT2D eigenvalue weighted by atomic mass is 10.1. The van der Waals surface area contributed by atoms with Gasteiger partial charge in [-0.25, -0.2) is 4.68 Å². The van der Waals surface area contributed by atoms with Crippen LogP contribution in [0.1, 0.15) is 29.5 Å². The van der Waals surface area contributed by atoms with Crippen molar-refractivity contribution in [2.45, 2.75) is 26.4 Å². The highest BCUT2D eigenvalue weighted by molar-refractivity contribution is 5.92. The van der Waals surface area contributed by atoms with E-state index in [1.807, 2.05) is 81.0 Å². The van der Waals surface area contributed by atoms with Crippen molar-refractivity contribution >= 4 is 16.7 Å². The topological polar surface area (TPSA) is 77.3 Å². The van der Waals surface area contributed by atoms with Crippen molar-refractivity contribution in [1.82, 2.24) is 25.3 Å². The van der Waals surface area contributed by atoms with Gasteiger partial charge in [0, 0.05) is 26.6 Å². The van der Waals surface area contributed by atoms with Crippen LogP contribution >= 0.6 is 0 Å². The highest BCUT2D eigenvalue weighted by Gasteiger charge is 2.22. The number of anilines is 1. The first-order valence-corrected chi connectivity index (χ1v) is 11.4. The minimum atomic E-state index is -0.117. The molecular weight excluding hydrogens is 428 g/mol. The second kappa shape index (κ2) is 10.1. The number of nitrogens with one attached hydrogen (secondary N) is 1. The molecule has 4 aromatic rings. The van der Waals surface area contributed by atoms with E-state index in [-0.39, 0.29) is 6.10 Å². The molecule has 0 aliphatic heterocycles. The number of fused-ring (bicyclic) bond motifs is 1. The van der Waals surface area contributed by atoms with Crippen molar-refractivity contribution in [3.8, 4) is 17.2 Å². The highest BCUT2D eigenvalue weighted by atomic mass is 16.5. The van der Waals surface area contributed by atoms with Crippen molar-refractivity contribution in [2.24, 2.45) is 0 Å². The Bertz CT molecular complexity index is 1270. The number of rotatable bonds is 9. The lowest BCUT2D eigenvalue weighted by Gasteiger charge is -2.22. The van der Waals surface area contributed by atoms with Gasteiger partial charge in [0.1, 0.15) is 28.8 Å². The Labute approximate surface area is 200 Å². The molecule has 2 aromatic heterocycles. The van der Waals surface area contributed by atoms with Crippen molar-refractivity contribution < 1.29 is 9.47 Å². The molecule has 0 saturated carbocycles. The molecule has 2 aromatic carbocycles. The number of benzene rings is 2. The molecule has 0 radical (unpaired) electrons. The third kappa shape index (κ3) is 4.54. The molecule has 1 N–H and O–H groups in total. The van der Waals surface area contributed by atoms with Gasteiger partial charge in [-0.05, 0) is 45.1 Å². The lowest BCUT2D eigenvalue weighted by molar-refractivity contribution is 0.194. The van der Waals surface area contributed by atoms with E-state index in [0.717, 1.165) is 63.8 Å². The Morgan fingerprint density at radius 3 is 2.50 bits per heavy atom. The molecule has 8 nitrogen and oxygen atoms in total. The Balaban J connectivity index is 1.86. The number of hydrogen-bond donors (Lipinski definition) is 1. The van der Waals surface area contributed by atoms with E-state index in [9.17, 15) is 0 Å². The minimum absolute atomic E-state index is 0.117. The smallest absolute Gasteiger partial charge is 0.179 e. The predicted octanol–water partition coefficient (Wildman–Crippen LogP) is 4.24. The third-order valence-corrected chi connectivity index (χ3v) is 5.90. The van der Waals surface area contributed by atoms with E-state index in [2.05, 4.69) is 27.6 Å². The Hall–Kier alpha value is -3.65. The summed E-state index contributed by atoms with van der Waals surface area (Å²) in [5.41, 5.74) is 4.54. The number of nitrogens with zero attached hydrogens (tertiary/aromatic N) is 5. The van der Waals surface area contributed by atoms with Crippen LogP contribution in [0.2, 0.25) is 0 Å². The molecule has 1 unspecified atom stereocenters. The van der Waals surface area contributed by atoms with E-state index in [1.165, 1.54) is 0 Å². The van der Waals surface area contributed by atoms with Crippen molar-refractivity contribution in [3.63, 3.8) is 0 Å². The third-order valence-electron chi connectivity index (χ3n) is 5.90. The van der Waals surface area contributed by atoms with Gasteiger partial charge in [0.05, 0.1) is 23.9 Å². The summed E-state index contributed by atoms with van der Waals surface area (Å²) in [4.78, 5) is 1.93. The summed E-state index contributed by atoms with van der Waals surface area (Å²) in [6.07, 6.45) is 0.706. The molecule has 0 fully saturated rings. The fourth-order valence-corrected chi connectivity index (χ4v) is 4.13. The van der Waals surface area contributed by atoms with Gasteiger partial charge in [0.25, 0.3) is 0 Å².